The van der Waals surface area contributed by atoms with Crippen LogP contribution in [0.15, 0.2) is 6.20 Å². The maximum absolute atomic E-state index is 4.60. The minimum atomic E-state index is 0.995. The van der Waals surface area contributed by atoms with Crippen LogP contribution in [0.2, 0.25) is 0 Å². The summed E-state index contributed by atoms with van der Waals surface area (Å²) in [6.07, 6.45) is 3.19. The standard InChI is InChI=1S/C11H17N5S/c1-9-8-16-10(12-9)17-11(13-16)15-5-3-4-14(2)6-7-15/h8H,3-7H2,1-2H3. The second-order valence-electron chi connectivity index (χ2n) is 4.64. The van der Waals surface area contributed by atoms with Crippen LogP contribution in [0.3, 0.4) is 0 Å². The number of imidazole rings is 1. The van der Waals surface area contributed by atoms with Crippen LogP contribution in [0, 0.1) is 6.92 Å². The third-order valence-electron chi connectivity index (χ3n) is 3.14. The number of hydrogen-bond donors (Lipinski definition) is 0. The summed E-state index contributed by atoms with van der Waals surface area (Å²) < 4.78 is 1.89. The van der Waals surface area contributed by atoms with E-state index in [1.165, 1.54) is 13.0 Å². The van der Waals surface area contributed by atoms with E-state index < -0.39 is 0 Å². The summed E-state index contributed by atoms with van der Waals surface area (Å²) in [6, 6.07) is 0. The molecule has 0 saturated carbocycles. The molecule has 6 heteroatoms. The van der Waals surface area contributed by atoms with E-state index in [4.69, 9.17) is 0 Å². The van der Waals surface area contributed by atoms with E-state index in [-0.39, 0.29) is 0 Å². The van der Waals surface area contributed by atoms with Gasteiger partial charge in [-0.2, -0.15) is 0 Å². The molecule has 0 bridgehead atoms. The molecular weight excluding hydrogens is 234 g/mol. The Hall–Kier alpha value is -1.14. The lowest BCUT2D eigenvalue weighted by molar-refractivity contribution is 0.360. The van der Waals surface area contributed by atoms with Gasteiger partial charge in [0.25, 0.3) is 0 Å². The Morgan fingerprint density at radius 2 is 2.12 bits per heavy atom. The molecule has 0 amide bonds. The van der Waals surface area contributed by atoms with Crippen molar-refractivity contribution in [1.82, 2.24) is 19.5 Å². The van der Waals surface area contributed by atoms with Gasteiger partial charge >= 0.3 is 0 Å². The molecule has 0 spiro atoms. The van der Waals surface area contributed by atoms with Crippen LogP contribution in [0.4, 0.5) is 5.13 Å². The molecule has 2 aromatic rings. The van der Waals surface area contributed by atoms with Crippen molar-refractivity contribution in [2.45, 2.75) is 13.3 Å². The molecule has 0 radical (unpaired) electrons. The first-order valence-electron chi connectivity index (χ1n) is 5.99. The van der Waals surface area contributed by atoms with Gasteiger partial charge in [-0.3, -0.25) is 0 Å². The second kappa shape index (κ2) is 4.27. The zero-order chi connectivity index (χ0) is 11.8. The van der Waals surface area contributed by atoms with Crippen molar-refractivity contribution in [3.05, 3.63) is 11.9 Å². The predicted molar refractivity (Wildman–Crippen MR) is 69.9 cm³/mol. The fourth-order valence-corrected chi connectivity index (χ4v) is 3.14. The van der Waals surface area contributed by atoms with Crippen molar-refractivity contribution in [2.75, 3.05) is 38.1 Å². The van der Waals surface area contributed by atoms with Crippen LogP contribution in [-0.2, 0) is 0 Å². The van der Waals surface area contributed by atoms with E-state index in [9.17, 15) is 0 Å². The summed E-state index contributed by atoms with van der Waals surface area (Å²) in [4.78, 5) is 10.2. The van der Waals surface area contributed by atoms with Crippen LogP contribution in [0.1, 0.15) is 12.1 Å². The predicted octanol–water partition coefficient (Wildman–Crippen LogP) is 1.24. The van der Waals surface area contributed by atoms with Crippen molar-refractivity contribution in [3.63, 3.8) is 0 Å². The Kier molecular flexibility index (Phi) is 2.76. The van der Waals surface area contributed by atoms with Gasteiger partial charge in [0.1, 0.15) is 0 Å². The highest BCUT2D eigenvalue weighted by molar-refractivity contribution is 7.20. The first-order valence-corrected chi connectivity index (χ1v) is 6.80. The average molecular weight is 251 g/mol. The molecule has 1 aliphatic rings. The summed E-state index contributed by atoms with van der Waals surface area (Å²) in [6.45, 7) is 6.45. The van der Waals surface area contributed by atoms with Gasteiger partial charge in [-0.05, 0) is 26.9 Å². The fraction of sp³-hybridized carbons (Fsp3) is 0.636. The number of fused-ring (bicyclic) bond motifs is 1. The minimum absolute atomic E-state index is 0.995. The third kappa shape index (κ3) is 2.14. The first kappa shape index (κ1) is 11.0. The second-order valence-corrected chi connectivity index (χ2v) is 5.57. The number of rotatable bonds is 1. The van der Waals surface area contributed by atoms with E-state index in [0.29, 0.717) is 0 Å². The molecule has 3 heterocycles. The maximum Gasteiger partial charge on any atom is 0.214 e. The van der Waals surface area contributed by atoms with Crippen LogP contribution in [-0.4, -0.2) is 52.7 Å². The van der Waals surface area contributed by atoms with E-state index in [2.05, 4.69) is 26.9 Å². The van der Waals surface area contributed by atoms with Crippen LogP contribution in [0.5, 0.6) is 0 Å². The molecule has 3 rings (SSSR count). The largest absolute Gasteiger partial charge is 0.345 e. The lowest BCUT2D eigenvalue weighted by Crippen LogP contribution is -2.28. The molecule has 0 atom stereocenters. The molecule has 0 aliphatic carbocycles. The summed E-state index contributed by atoms with van der Waals surface area (Å²) in [5, 5.41) is 5.70. The Balaban J connectivity index is 1.84. The highest BCUT2D eigenvalue weighted by atomic mass is 32.1. The Morgan fingerprint density at radius 3 is 2.94 bits per heavy atom. The van der Waals surface area contributed by atoms with Gasteiger partial charge in [0.05, 0.1) is 11.9 Å². The fourth-order valence-electron chi connectivity index (χ4n) is 2.16. The average Bonchev–Trinajstić information content (AvgIpc) is 2.71. The molecule has 0 N–H and O–H groups in total. The Morgan fingerprint density at radius 1 is 1.24 bits per heavy atom. The molecule has 92 valence electrons. The molecule has 1 saturated heterocycles. The zero-order valence-electron chi connectivity index (χ0n) is 10.3. The van der Waals surface area contributed by atoms with Crippen molar-refractivity contribution in [1.29, 1.82) is 0 Å². The number of likely N-dealkylation sites (N-methyl/N-ethyl adjacent to an activating group) is 1. The highest BCUT2D eigenvalue weighted by Gasteiger charge is 2.16. The van der Waals surface area contributed by atoms with E-state index in [1.807, 2.05) is 17.6 Å². The molecule has 0 aromatic carbocycles. The molecule has 1 aliphatic heterocycles. The number of anilines is 1. The molecular formula is C11H17N5S. The number of aryl methyl sites for hydroxylation is 1. The lowest BCUT2D eigenvalue weighted by Gasteiger charge is -2.18. The number of nitrogens with zero attached hydrogens (tertiary/aromatic N) is 5. The molecule has 2 aromatic heterocycles. The van der Waals surface area contributed by atoms with Crippen LogP contribution < -0.4 is 4.90 Å². The van der Waals surface area contributed by atoms with Gasteiger partial charge in [0, 0.05) is 19.6 Å². The molecule has 17 heavy (non-hydrogen) atoms. The maximum atomic E-state index is 4.60. The summed E-state index contributed by atoms with van der Waals surface area (Å²) in [5.74, 6) is 0. The topological polar surface area (TPSA) is 36.7 Å². The molecule has 0 unspecified atom stereocenters. The highest BCUT2D eigenvalue weighted by Crippen LogP contribution is 2.23. The van der Waals surface area contributed by atoms with Crippen molar-refractivity contribution in [3.8, 4) is 0 Å². The summed E-state index contributed by atoms with van der Waals surface area (Å²) in [7, 11) is 2.18. The van der Waals surface area contributed by atoms with Gasteiger partial charge in [0.15, 0.2) is 0 Å². The smallest absolute Gasteiger partial charge is 0.214 e. The number of aromatic nitrogens is 3. The van der Waals surface area contributed by atoms with Gasteiger partial charge in [-0.25, -0.2) is 9.50 Å². The minimum Gasteiger partial charge on any atom is -0.345 e. The normalized spacial score (nSPS) is 18.8. The quantitative estimate of drug-likeness (QED) is 0.764. The Bertz CT molecular complexity index is 485. The first-order chi connectivity index (χ1) is 8.22. The van der Waals surface area contributed by atoms with Crippen LogP contribution in [0.25, 0.3) is 4.96 Å². The van der Waals surface area contributed by atoms with Crippen molar-refractivity contribution < 1.29 is 0 Å². The SMILES string of the molecule is Cc1cn2nc(N3CCCN(C)CC3)sc2n1. The summed E-state index contributed by atoms with van der Waals surface area (Å²) in [5.41, 5.74) is 1.03. The van der Waals surface area contributed by atoms with E-state index in [1.54, 1.807) is 11.3 Å². The van der Waals surface area contributed by atoms with Crippen LogP contribution >= 0.6 is 11.3 Å². The third-order valence-corrected chi connectivity index (χ3v) is 4.13. The molecule has 1 fully saturated rings. The monoisotopic (exact) mass is 251 g/mol. The van der Waals surface area contributed by atoms with Gasteiger partial charge in [0.2, 0.25) is 10.1 Å². The number of hydrogen-bond acceptors (Lipinski definition) is 5. The lowest BCUT2D eigenvalue weighted by atomic mass is 10.4. The van der Waals surface area contributed by atoms with E-state index >= 15 is 0 Å². The van der Waals surface area contributed by atoms with Crippen molar-refractivity contribution in [2.24, 2.45) is 0 Å². The summed E-state index contributed by atoms with van der Waals surface area (Å²) >= 11 is 1.68. The van der Waals surface area contributed by atoms with Gasteiger partial charge in [-0.1, -0.05) is 11.3 Å². The van der Waals surface area contributed by atoms with Gasteiger partial charge in [-0.15, -0.1) is 5.10 Å². The zero-order valence-corrected chi connectivity index (χ0v) is 11.1. The Labute approximate surface area is 105 Å². The van der Waals surface area contributed by atoms with E-state index in [0.717, 1.165) is 35.4 Å². The molecule has 5 nitrogen and oxygen atoms in total. The van der Waals surface area contributed by atoms with Gasteiger partial charge < -0.3 is 9.80 Å². The van der Waals surface area contributed by atoms with Crippen molar-refractivity contribution >= 4 is 21.4 Å².